The first-order valence-electron chi connectivity index (χ1n) is 9.47. The van der Waals surface area contributed by atoms with E-state index in [0.717, 1.165) is 5.56 Å². The van der Waals surface area contributed by atoms with Crippen molar-refractivity contribution in [1.82, 2.24) is 0 Å². The number of rotatable bonds is 5. The van der Waals surface area contributed by atoms with E-state index in [0.29, 0.717) is 21.2 Å². The summed E-state index contributed by atoms with van der Waals surface area (Å²) >= 11 is 24.2. The van der Waals surface area contributed by atoms with E-state index in [1.54, 1.807) is 6.07 Å². The van der Waals surface area contributed by atoms with E-state index in [2.05, 4.69) is 88.3 Å². The van der Waals surface area contributed by atoms with Gasteiger partial charge in [0.2, 0.25) is 0 Å². The molecule has 0 amide bonds. The third kappa shape index (κ3) is 3.62. The standard InChI is InChI=1S/C25H19BrCl3P/c26-30(19-10-4-1-5-11-19,20-12-6-2-7-13-20,21-14-8-3-9-15-21)18-22-23(27)16-17-24(28)25(22)29/h1-17H,18H2. The summed E-state index contributed by atoms with van der Waals surface area (Å²) in [6, 6.07) is 35.2. The van der Waals surface area contributed by atoms with Crippen LogP contribution in [-0.4, -0.2) is 0 Å². The molecule has 0 saturated carbocycles. The molecule has 0 spiro atoms. The van der Waals surface area contributed by atoms with Gasteiger partial charge in [0.05, 0.1) is 0 Å². The molecule has 0 fully saturated rings. The Labute approximate surface area is 200 Å². The van der Waals surface area contributed by atoms with Crippen molar-refractivity contribution in [2.45, 2.75) is 6.16 Å². The van der Waals surface area contributed by atoms with Crippen molar-refractivity contribution in [3.63, 3.8) is 0 Å². The van der Waals surface area contributed by atoms with Gasteiger partial charge in [0, 0.05) is 0 Å². The van der Waals surface area contributed by atoms with Gasteiger partial charge in [-0.15, -0.1) is 0 Å². The second-order valence-corrected chi connectivity index (χ2v) is 17.3. The van der Waals surface area contributed by atoms with Crippen molar-refractivity contribution in [3.05, 3.63) is 124 Å². The molecule has 0 bridgehead atoms. The summed E-state index contributed by atoms with van der Waals surface area (Å²) in [5.41, 5.74) is 0.844. The summed E-state index contributed by atoms with van der Waals surface area (Å²) in [5.74, 6) is 0. The normalized spacial score (nSPS) is 12.9. The maximum absolute atomic E-state index is 6.71. The first-order chi connectivity index (χ1) is 14.4. The zero-order valence-corrected chi connectivity index (χ0v) is 20.7. The van der Waals surface area contributed by atoms with E-state index in [1.165, 1.54) is 15.9 Å². The molecule has 0 radical (unpaired) electrons. The van der Waals surface area contributed by atoms with Gasteiger partial charge in [-0.2, -0.15) is 0 Å². The Morgan fingerprint density at radius 3 is 1.30 bits per heavy atom. The molecule has 5 heteroatoms. The molecule has 0 aromatic heterocycles. The first kappa shape index (κ1) is 21.9. The van der Waals surface area contributed by atoms with Crippen LogP contribution >= 0.6 is 55.6 Å². The van der Waals surface area contributed by atoms with Crippen molar-refractivity contribution in [2.75, 3.05) is 0 Å². The number of hydrogen-bond donors (Lipinski definition) is 0. The Bertz CT molecular complexity index is 1070. The number of benzene rings is 4. The molecule has 0 aliphatic heterocycles. The Kier molecular flexibility index (Phi) is 6.31. The minimum absolute atomic E-state index is 0.500. The van der Waals surface area contributed by atoms with Crippen LogP contribution in [-0.2, 0) is 6.16 Å². The molecule has 0 saturated heterocycles. The molecule has 0 aliphatic rings. The fraction of sp³-hybridized carbons (Fsp3) is 0.0400. The van der Waals surface area contributed by atoms with Gasteiger partial charge in [0.15, 0.2) is 0 Å². The van der Waals surface area contributed by atoms with Crippen LogP contribution in [0.1, 0.15) is 5.56 Å². The molecule has 0 unspecified atom stereocenters. The van der Waals surface area contributed by atoms with Gasteiger partial charge in [0.25, 0.3) is 0 Å². The summed E-state index contributed by atoms with van der Waals surface area (Å²) in [6.07, 6.45) is 0.599. The van der Waals surface area contributed by atoms with Crippen molar-refractivity contribution in [2.24, 2.45) is 0 Å². The zero-order chi connectivity index (χ0) is 21.2. The molecule has 4 rings (SSSR count). The summed E-state index contributed by atoms with van der Waals surface area (Å²) in [5, 5.41) is 2.04. The van der Waals surface area contributed by atoms with Crippen molar-refractivity contribution in [1.29, 1.82) is 0 Å². The molecule has 152 valence electrons. The van der Waals surface area contributed by atoms with Crippen LogP contribution in [0.3, 0.4) is 0 Å². The molecule has 4 aromatic carbocycles. The second-order valence-electron chi connectivity index (χ2n) is 7.17. The molecule has 0 heterocycles. The Balaban J connectivity index is 2.14. The monoisotopic (exact) mass is 534 g/mol. The summed E-state index contributed by atoms with van der Waals surface area (Å²) < 4.78 is 0. The predicted octanol–water partition coefficient (Wildman–Crippen LogP) is 7.99. The first-order valence-corrected chi connectivity index (χ1v) is 15.0. The van der Waals surface area contributed by atoms with Crippen LogP contribution in [0, 0.1) is 0 Å². The van der Waals surface area contributed by atoms with Gasteiger partial charge in [-0.25, -0.2) is 0 Å². The van der Waals surface area contributed by atoms with Gasteiger partial charge < -0.3 is 0 Å². The number of hydrogen-bond acceptors (Lipinski definition) is 0. The molecule has 30 heavy (non-hydrogen) atoms. The molecule has 0 nitrogen and oxygen atoms in total. The summed E-state index contributed by atoms with van der Waals surface area (Å²) in [4.78, 5) is 0. The van der Waals surface area contributed by atoms with Crippen LogP contribution < -0.4 is 15.9 Å². The summed E-state index contributed by atoms with van der Waals surface area (Å²) in [7, 11) is 0. The van der Waals surface area contributed by atoms with E-state index in [9.17, 15) is 0 Å². The van der Waals surface area contributed by atoms with Crippen LogP contribution in [0.25, 0.3) is 0 Å². The van der Waals surface area contributed by atoms with Crippen molar-refractivity contribution >= 4 is 71.5 Å². The molecular formula is C25H19BrCl3P. The third-order valence-electron chi connectivity index (χ3n) is 5.48. The van der Waals surface area contributed by atoms with E-state index >= 15 is 0 Å². The van der Waals surface area contributed by atoms with Crippen LogP contribution in [0.15, 0.2) is 103 Å². The molecule has 0 atom stereocenters. The Hall–Kier alpha value is -1.34. The average molecular weight is 537 g/mol. The molecule has 0 aliphatic carbocycles. The van der Waals surface area contributed by atoms with Gasteiger partial charge in [0.1, 0.15) is 0 Å². The Morgan fingerprint density at radius 1 is 0.533 bits per heavy atom. The fourth-order valence-corrected chi connectivity index (χ4v) is 12.4. The van der Waals surface area contributed by atoms with Gasteiger partial charge in [-0.3, -0.25) is 0 Å². The van der Waals surface area contributed by atoms with Gasteiger partial charge >= 0.3 is 201 Å². The van der Waals surface area contributed by atoms with E-state index in [4.69, 9.17) is 34.8 Å². The molecular weight excluding hydrogens is 518 g/mol. The van der Waals surface area contributed by atoms with Crippen LogP contribution in [0.2, 0.25) is 15.1 Å². The minimum atomic E-state index is -3.18. The maximum atomic E-state index is 6.71. The van der Waals surface area contributed by atoms with Crippen molar-refractivity contribution in [3.8, 4) is 0 Å². The van der Waals surface area contributed by atoms with E-state index in [1.807, 2.05) is 24.3 Å². The fourth-order valence-electron chi connectivity index (χ4n) is 3.95. The number of halogens is 4. The predicted molar refractivity (Wildman–Crippen MR) is 139 cm³/mol. The SMILES string of the molecule is Clc1ccc(Cl)c(CP(Br)(c2ccccc2)(c2ccccc2)c2ccccc2)c1Cl. The molecule has 4 aromatic rings. The topological polar surface area (TPSA) is 0 Å². The van der Waals surface area contributed by atoms with E-state index in [-0.39, 0.29) is 0 Å². The van der Waals surface area contributed by atoms with Crippen LogP contribution in [0.5, 0.6) is 0 Å². The van der Waals surface area contributed by atoms with Crippen LogP contribution in [0.4, 0.5) is 0 Å². The Morgan fingerprint density at radius 2 is 0.900 bits per heavy atom. The quantitative estimate of drug-likeness (QED) is 0.179. The average Bonchev–Trinajstić information content (AvgIpc) is 2.81. The zero-order valence-electron chi connectivity index (χ0n) is 16.0. The van der Waals surface area contributed by atoms with E-state index < -0.39 is 5.31 Å². The second kappa shape index (κ2) is 8.65. The molecule has 0 N–H and O–H groups in total. The van der Waals surface area contributed by atoms with Gasteiger partial charge in [-0.05, 0) is 0 Å². The summed E-state index contributed by atoms with van der Waals surface area (Å²) in [6.45, 7) is 0. The van der Waals surface area contributed by atoms with Crippen molar-refractivity contribution < 1.29 is 0 Å². The third-order valence-corrected chi connectivity index (χ3v) is 16.1. The van der Waals surface area contributed by atoms with Gasteiger partial charge in [-0.1, -0.05) is 0 Å².